The van der Waals surface area contributed by atoms with Crippen LogP contribution in [0.2, 0.25) is 0 Å². The van der Waals surface area contributed by atoms with E-state index in [2.05, 4.69) is 44.1 Å². The number of imidazole rings is 2. The van der Waals surface area contributed by atoms with Crippen LogP contribution >= 0.6 is 0 Å². The topological polar surface area (TPSA) is 130 Å². The highest BCUT2D eigenvalue weighted by atomic mass is 16.1. The first-order chi connectivity index (χ1) is 17.5. The van der Waals surface area contributed by atoms with Gasteiger partial charge in [0.15, 0.2) is 17.3 Å². The molecule has 6 rings (SSSR count). The van der Waals surface area contributed by atoms with Crippen molar-refractivity contribution in [3.05, 3.63) is 83.4 Å². The third-order valence-corrected chi connectivity index (χ3v) is 5.99. The zero-order valence-electron chi connectivity index (χ0n) is 19.7. The molecule has 0 spiro atoms. The highest BCUT2D eigenvalue weighted by molar-refractivity contribution is 5.86. The van der Waals surface area contributed by atoms with E-state index in [0.29, 0.717) is 29.2 Å². The first-order valence-electron chi connectivity index (χ1n) is 11.6. The second kappa shape index (κ2) is 8.73. The lowest BCUT2D eigenvalue weighted by Gasteiger charge is -2.11. The Balaban J connectivity index is 1.35. The summed E-state index contributed by atoms with van der Waals surface area (Å²) >= 11 is 0. The van der Waals surface area contributed by atoms with Gasteiger partial charge in [-0.05, 0) is 55.8 Å². The van der Waals surface area contributed by atoms with E-state index >= 15 is 0 Å². The van der Waals surface area contributed by atoms with Gasteiger partial charge in [0.2, 0.25) is 0 Å². The summed E-state index contributed by atoms with van der Waals surface area (Å²) < 4.78 is 2.02. The van der Waals surface area contributed by atoms with Crippen LogP contribution in [-0.2, 0) is 6.54 Å². The minimum Gasteiger partial charge on any atom is -0.364 e. The summed E-state index contributed by atoms with van der Waals surface area (Å²) in [6.07, 6.45) is 7.17. The molecule has 178 valence electrons. The van der Waals surface area contributed by atoms with Crippen molar-refractivity contribution >= 4 is 28.0 Å². The number of nitrogens with zero attached hydrogens (tertiary/aromatic N) is 6. The van der Waals surface area contributed by atoms with E-state index in [1.165, 1.54) is 0 Å². The average molecular weight is 478 g/mol. The van der Waals surface area contributed by atoms with Crippen LogP contribution in [0.15, 0.2) is 72.2 Å². The zero-order chi connectivity index (χ0) is 24.6. The average Bonchev–Trinajstić information content (AvgIpc) is 3.50. The number of H-pyrrole nitrogens is 2. The summed E-state index contributed by atoms with van der Waals surface area (Å²) in [6.45, 7) is 4.69. The zero-order valence-corrected chi connectivity index (χ0v) is 19.7. The maximum atomic E-state index is 11.7. The van der Waals surface area contributed by atoms with Crippen molar-refractivity contribution in [2.45, 2.75) is 26.4 Å². The third-order valence-electron chi connectivity index (χ3n) is 5.99. The molecule has 5 aromatic heterocycles. The van der Waals surface area contributed by atoms with Gasteiger partial charge in [-0.1, -0.05) is 6.07 Å². The van der Waals surface area contributed by atoms with Gasteiger partial charge in [0, 0.05) is 42.3 Å². The van der Waals surface area contributed by atoms with Crippen LogP contribution in [0.25, 0.3) is 44.8 Å². The molecule has 36 heavy (non-hydrogen) atoms. The van der Waals surface area contributed by atoms with E-state index in [1.807, 2.05) is 53.2 Å². The van der Waals surface area contributed by atoms with Crippen LogP contribution in [0, 0.1) is 0 Å². The van der Waals surface area contributed by atoms with Crippen LogP contribution in [0.3, 0.4) is 0 Å². The van der Waals surface area contributed by atoms with E-state index in [-0.39, 0.29) is 11.7 Å². The Morgan fingerprint density at radius 3 is 2.64 bits per heavy atom. The number of nitrogens with one attached hydrogen (secondary N) is 3. The van der Waals surface area contributed by atoms with Crippen molar-refractivity contribution < 1.29 is 0 Å². The van der Waals surface area contributed by atoms with Gasteiger partial charge in [0.1, 0.15) is 5.52 Å². The predicted molar refractivity (Wildman–Crippen MR) is 138 cm³/mol. The lowest BCUT2D eigenvalue weighted by atomic mass is 10.1. The Kier molecular flexibility index (Phi) is 5.25. The van der Waals surface area contributed by atoms with Crippen molar-refractivity contribution in [3.63, 3.8) is 0 Å². The molecule has 0 aliphatic heterocycles. The molecule has 0 atom stereocenters. The predicted octanol–water partition coefficient (Wildman–Crippen LogP) is 4.31. The first-order valence-corrected chi connectivity index (χ1v) is 11.6. The molecule has 0 aliphatic rings. The molecule has 5 heterocycles. The maximum absolute atomic E-state index is 11.7. The fourth-order valence-corrected chi connectivity index (χ4v) is 4.12. The Morgan fingerprint density at radius 2 is 1.86 bits per heavy atom. The number of aromatic amines is 2. The molecule has 0 saturated heterocycles. The minimum atomic E-state index is -0.248. The fourth-order valence-electron chi connectivity index (χ4n) is 4.12. The number of fused-ring (bicyclic) bond motifs is 2. The first kappa shape index (κ1) is 21.7. The number of hydrogen-bond acceptors (Lipinski definition) is 7. The van der Waals surface area contributed by atoms with Gasteiger partial charge in [0.25, 0.3) is 0 Å². The van der Waals surface area contributed by atoms with E-state index in [4.69, 9.17) is 9.97 Å². The molecule has 0 aliphatic carbocycles. The smallest absolute Gasteiger partial charge is 0.323 e. The van der Waals surface area contributed by atoms with Crippen molar-refractivity contribution in [2.75, 3.05) is 5.32 Å². The van der Waals surface area contributed by atoms with Gasteiger partial charge in [0.05, 0.1) is 23.1 Å². The minimum absolute atomic E-state index is 0.179. The van der Waals surface area contributed by atoms with Gasteiger partial charge in [-0.15, -0.1) is 0 Å². The molecule has 0 bridgehead atoms. The Hall–Kier alpha value is -4.86. The van der Waals surface area contributed by atoms with Crippen molar-refractivity contribution in [1.82, 2.24) is 39.5 Å². The molecule has 0 fully saturated rings. The van der Waals surface area contributed by atoms with Crippen LogP contribution < -0.4 is 11.0 Å². The number of rotatable bonds is 6. The van der Waals surface area contributed by atoms with Gasteiger partial charge >= 0.3 is 5.69 Å². The summed E-state index contributed by atoms with van der Waals surface area (Å²) in [7, 11) is 0. The summed E-state index contributed by atoms with van der Waals surface area (Å²) in [5.41, 5.74) is 6.26. The summed E-state index contributed by atoms with van der Waals surface area (Å²) in [5.74, 6) is 1.18. The van der Waals surface area contributed by atoms with E-state index < -0.39 is 0 Å². The second-order valence-electron chi connectivity index (χ2n) is 8.80. The molecular formula is C26H23N9O. The largest absolute Gasteiger partial charge is 0.364 e. The number of aromatic nitrogens is 8. The Morgan fingerprint density at radius 1 is 0.972 bits per heavy atom. The molecule has 10 nitrogen and oxygen atoms in total. The highest BCUT2D eigenvalue weighted by Gasteiger charge is 2.16. The molecule has 0 radical (unpaired) electrons. The number of benzene rings is 1. The highest BCUT2D eigenvalue weighted by Crippen LogP contribution is 2.27. The van der Waals surface area contributed by atoms with Crippen LogP contribution in [0.1, 0.15) is 25.5 Å². The van der Waals surface area contributed by atoms with Crippen molar-refractivity contribution in [1.29, 1.82) is 0 Å². The maximum Gasteiger partial charge on any atom is 0.323 e. The molecule has 0 unspecified atom stereocenters. The molecule has 3 N–H and O–H groups in total. The van der Waals surface area contributed by atoms with Crippen molar-refractivity contribution in [3.8, 4) is 22.6 Å². The molecule has 10 heteroatoms. The van der Waals surface area contributed by atoms with Crippen LogP contribution in [0.4, 0.5) is 5.82 Å². The van der Waals surface area contributed by atoms with Gasteiger partial charge in [-0.3, -0.25) is 9.97 Å². The van der Waals surface area contributed by atoms with Gasteiger partial charge in [-0.2, -0.15) is 0 Å². The number of pyridine rings is 2. The lowest BCUT2D eigenvalue weighted by molar-refractivity contribution is 0.613. The SMILES string of the molecule is CC(C)n1cnc2c(NCc3ccc(-c4cccnc4)nc3)nc(-c3ccc4[nH]c(=O)[nH]c4c3)nc21. The summed E-state index contributed by atoms with van der Waals surface area (Å²) in [6, 6.07) is 13.7. The standard InChI is InChI=1S/C26H23N9O/c1-15(2)35-14-30-22-24(29-12-16-5-7-19(28-11-16)18-4-3-9-27-13-18)33-23(34-25(22)35)17-6-8-20-21(10-17)32-26(36)31-20/h3-11,13-15H,12H2,1-2H3,(H,29,33,34)(H2,31,32,36). The van der Waals surface area contributed by atoms with Crippen molar-refractivity contribution in [2.24, 2.45) is 0 Å². The van der Waals surface area contributed by atoms with E-state index in [0.717, 1.165) is 33.5 Å². The van der Waals surface area contributed by atoms with Crippen LogP contribution in [0.5, 0.6) is 0 Å². The molecule has 0 saturated carbocycles. The number of anilines is 1. The van der Waals surface area contributed by atoms with E-state index in [9.17, 15) is 4.79 Å². The molecule has 6 aromatic rings. The van der Waals surface area contributed by atoms with Gasteiger partial charge in [-0.25, -0.2) is 19.7 Å². The molecule has 0 amide bonds. The fraction of sp³-hybridized carbons (Fsp3) is 0.154. The van der Waals surface area contributed by atoms with Crippen LogP contribution in [-0.4, -0.2) is 39.5 Å². The summed E-state index contributed by atoms with van der Waals surface area (Å²) in [4.78, 5) is 40.2. The number of hydrogen-bond donors (Lipinski definition) is 3. The Bertz CT molecular complexity index is 1730. The van der Waals surface area contributed by atoms with E-state index in [1.54, 1.807) is 18.7 Å². The molecule has 1 aromatic carbocycles. The second-order valence-corrected chi connectivity index (χ2v) is 8.80. The normalized spacial score (nSPS) is 11.5. The van der Waals surface area contributed by atoms with Gasteiger partial charge < -0.3 is 19.9 Å². The summed E-state index contributed by atoms with van der Waals surface area (Å²) in [5, 5.41) is 3.42. The lowest BCUT2D eigenvalue weighted by Crippen LogP contribution is -2.06. The quantitative estimate of drug-likeness (QED) is 0.326. The monoisotopic (exact) mass is 477 g/mol. The Labute approximate surface area is 205 Å². The third kappa shape index (κ3) is 3.98. The molecular weight excluding hydrogens is 454 g/mol.